The van der Waals surface area contributed by atoms with Crippen LogP contribution in [0.4, 0.5) is 10.7 Å². The molecule has 2 rings (SSSR count). The third-order valence-corrected chi connectivity index (χ3v) is 3.97. The van der Waals surface area contributed by atoms with Gasteiger partial charge in [-0.3, -0.25) is 0 Å². The SMILES string of the molecule is Cc1ccnc(N2CCC[C@H]([C@H](C)NC(=O)OC(C)(C)C)C2)n1. The molecule has 2 heterocycles. The number of carbonyl (C=O) groups is 1. The van der Waals surface area contributed by atoms with E-state index >= 15 is 0 Å². The predicted molar refractivity (Wildman–Crippen MR) is 90.5 cm³/mol. The first kappa shape index (κ1) is 17.5. The number of nitrogens with one attached hydrogen (secondary N) is 1. The summed E-state index contributed by atoms with van der Waals surface area (Å²) in [6, 6.07) is 1.95. The molecular formula is C17H28N4O2. The van der Waals surface area contributed by atoms with E-state index in [0.717, 1.165) is 37.6 Å². The Bertz CT molecular complexity index is 542. The standard InChI is InChI=1S/C17H28N4O2/c1-12-8-9-18-15(19-12)21-10-6-7-14(11-21)13(2)20-16(22)23-17(3,4)5/h8-9,13-14H,6-7,10-11H2,1-5H3,(H,20,22)/t13-,14-/m0/s1. The summed E-state index contributed by atoms with van der Waals surface area (Å²) in [6.07, 6.45) is 3.60. The molecule has 6 heteroatoms. The first-order chi connectivity index (χ1) is 10.7. The predicted octanol–water partition coefficient (Wildman–Crippen LogP) is 2.91. The van der Waals surface area contributed by atoms with Crippen molar-refractivity contribution in [2.45, 2.75) is 59.1 Å². The van der Waals surface area contributed by atoms with Gasteiger partial charge in [0, 0.05) is 31.0 Å². The highest BCUT2D eigenvalue weighted by Gasteiger charge is 2.28. The minimum Gasteiger partial charge on any atom is -0.444 e. The van der Waals surface area contributed by atoms with Crippen LogP contribution < -0.4 is 10.2 Å². The second-order valence-corrected chi connectivity index (χ2v) is 7.28. The van der Waals surface area contributed by atoms with E-state index < -0.39 is 5.60 Å². The molecule has 0 spiro atoms. The van der Waals surface area contributed by atoms with Crippen molar-refractivity contribution in [1.29, 1.82) is 0 Å². The molecule has 1 aliphatic rings. The van der Waals surface area contributed by atoms with Gasteiger partial charge in [-0.15, -0.1) is 0 Å². The van der Waals surface area contributed by atoms with E-state index in [9.17, 15) is 4.79 Å². The summed E-state index contributed by atoms with van der Waals surface area (Å²) in [6.45, 7) is 11.4. The van der Waals surface area contributed by atoms with Crippen LogP contribution in [0.3, 0.4) is 0 Å². The van der Waals surface area contributed by atoms with E-state index in [0.29, 0.717) is 5.92 Å². The van der Waals surface area contributed by atoms with Crippen LogP contribution in [-0.4, -0.2) is 40.8 Å². The van der Waals surface area contributed by atoms with Crippen LogP contribution in [0.2, 0.25) is 0 Å². The van der Waals surface area contributed by atoms with Crippen LogP contribution >= 0.6 is 0 Å². The van der Waals surface area contributed by atoms with E-state index in [4.69, 9.17) is 4.74 Å². The van der Waals surface area contributed by atoms with Crippen LogP contribution in [-0.2, 0) is 4.74 Å². The average Bonchev–Trinajstić information content (AvgIpc) is 2.45. The zero-order valence-corrected chi connectivity index (χ0v) is 14.8. The van der Waals surface area contributed by atoms with Gasteiger partial charge in [0.25, 0.3) is 0 Å². The van der Waals surface area contributed by atoms with Gasteiger partial charge in [-0.05, 0) is 59.4 Å². The van der Waals surface area contributed by atoms with Gasteiger partial charge < -0.3 is 15.0 Å². The topological polar surface area (TPSA) is 67.4 Å². The first-order valence-corrected chi connectivity index (χ1v) is 8.29. The highest BCUT2D eigenvalue weighted by atomic mass is 16.6. The van der Waals surface area contributed by atoms with E-state index in [1.165, 1.54) is 0 Å². The van der Waals surface area contributed by atoms with Crippen molar-refractivity contribution in [3.8, 4) is 0 Å². The number of hydrogen-bond acceptors (Lipinski definition) is 5. The lowest BCUT2D eigenvalue weighted by molar-refractivity contribution is 0.0489. The minimum atomic E-state index is -0.474. The molecule has 1 N–H and O–H groups in total. The number of piperidine rings is 1. The molecule has 0 aromatic carbocycles. The van der Waals surface area contributed by atoms with Gasteiger partial charge in [0.2, 0.25) is 5.95 Å². The van der Waals surface area contributed by atoms with Crippen LogP contribution in [0.15, 0.2) is 12.3 Å². The van der Waals surface area contributed by atoms with Crippen LogP contribution in [0.25, 0.3) is 0 Å². The third kappa shape index (κ3) is 5.37. The molecule has 0 bridgehead atoms. The average molecular weight is 320 g/mol. The number of amides is 1. The molecule has 2 atom stereocenters. The zero-order valence-electron chi connectivity index (χ0n) is 14.8. The molecule has 0 saturated carbocycles. The number of ether oxygens (including phenoxy) is 1. The van der Waals surface area contributed by atoms with Crippen molar-refractivity contribution in [2.75, 3.05) is 18.0 Å². The highest BCUT2D eigenvalue weighted by molar-refractivity contribution is 5.68. The van der Waals surface area contributed by atoms with E-state index in [1.54, 1.807) is 6.20 Å². The Hall–Kier alpha value is -1.85. The lowest BCUT2D eigenvalue weighted by Gasteiger charge is -2.36. The second kappa shape index (κ2) is 7.15. The van der Waals surface area contributed by atoms with Gasteiger partial charge in [0.15, 0.2) is 0 Å². The Morgan fingerprint density at radius 3 is 2.87 bits per heavy atom. The first-order valence-electron chi connectivity index (χ1n) is 8.29. The summed E-state index contributed by atoms with van der Waals surface area (Å²) >= 11 is 0. The molecule has 1 saturated heterocycles. The van der Waals surface area contributed by atoms with Crippen molar-refractivity contribution < 1.29 is 9.53 Å². The number of aromatic nitrogens is 2. The van der Waals surface area contributed by atoms with Crippen molar-refractivity contribution in [1.82, 2.24) is 15.3 Å². The maximum Gasteiger partial charge on any atom is 0.407 e. The fraction of sp³-hybridized carbons (Fsp3) is 0.706. The van der Waals surface area contributed by atoms with Gasteiger partial charge in [0.1, 0.15) is 5.60 Å². The van der Waals surface area contributed by atoms with E-state index in [1.807, 2.05) is 40.7 Å². The van der Waals surface area contributed by atoms with Crippen molar-refractivity contribution in [2.24, 2.45) is 5.92 Å². The van der Waals surface area contributed by atoms with Gasteiger partial charge in [0.05, 0.1) is 0 Å². The summed E-state index contributed by atoms with van der Waals surface area (Å²) < 4.78 is 5.34. The number of aryl methyl sites for hydroxylation is 1. The number of anilines is 1. The molecule has 128 valence electrons. The Labute approximate surface area is 138 Å². The van der Waals surface area contributed by atoms with Crippen molar-refractivity contribution in [3.63, 3.8) is 0 Å². The fourth-order valence-corrected chi connectivity index (χ4v) is 2.80. The molecule has 23 heavy (non-hydrogen) atoms. The maximum absolute atomic E-state index is 11.9. The Morgan fingerprint density at radius 2 is 2.22 bits per heavy atom. The summed E-state index contributed by atoms with van der Waals surface area (Å²) in [5.41, 5.74) is 0.495. The molecule has 1 aromatic rings. The number of rotatable bonds is 3. The maximum atomic E-state index is 11.9. The molecule has 6 nitrogen and oxygen atoms in total. The molecular weight excluding hydrogens is 292 g/mol. The second-order valence-electron chi connectivity index (χ2n) is 7.28. The van der Waals surface area contributed by atoms with Gasteiger partial charge in [-0.2, -0.15) is 0 Å². The molecule has 0 radical (unpaired) electrons. The van der Waals surface area contributed by atoms with E-state index in [-0.39, 0.29) is 12.1 Å². The van der Waals surface area contributed by atoms with Crippen molar-refractivity contribution in [3.05, 3.63) is 18.0 Å². The zero-order chi connectivity index (χ0) is 17.0. The molecule has 1 aromatic heterocycles. The monoisotopic (exact) mass is 320 g/mol. The van der Waals surface area contributed by atoms with Crippen LogP contribution in [0.1, 0.15) is 46.2 Å². The molecule has 1 aliphatic heterocycles. The number of carbonyl (C=O) groups excluding carboxylic acids is 1. The molecule has 0 aliphatic carbocycles. The normalized spacial score (nSPS) is 20.0. The van der Waals surface area contributed by atoms with Gasteiger partial charge >= 0.3 is 6.09 Å². The molecule has 0 unspecified atom stereocenters. The fourth-order valence-electron chi connectivity index (χ4n) is 2.80. The quantitative estimate of drug-likeness (QED) is 0.927. The third-order valence-electron chi connectivity index (χ3n) is 3.97. The number of alkyl carbamates (subject to hydrolysis) is 1. The number of nitrogens with zero attached hydrogens (tertiary/aromatic N) is 3. The summed E-state index contributed by atoms with van der Waals surface area (Å²) in [5.74, 6) is 1.14. The summed E-state index contributed by atoms with van der Waals surface area (Å²) in [5, 5.41) is 2.96. The summed E-state index contributed by atoms with van der Waals surface area (Å²) in [7, 11) is 0. The lowest BCUT2D eigenvalue weighted by Crippen LogP contribution is -2.47. The summed E-state index contributed by atoms with van der Waals surface area (Å²) in [4.78, 5) is 23.0. The smallest absolute Gasteiger partial charge is 0.407 e. The Balaban J connectivity index is 1.94. The van der Waals surface area contributed by atoms with Gasteiger partial charge in [-0.1, -0.05) is 0 Å². The Kier molecular flexibility index (Phi) is 5.44. The minimum absolute atomic E-state index is 0.0532. The van der Waals surface area contributed by atoms with Crippen LogP contribution in [0, 0.1) is 12.8 Å². The Morgan fingerprint density at radius 1 is 1.48 bits per heavy atom. The molecule has 1 fully saturated rings. The molecule has 1 amide bonds. The number of hydrogen-bond donors (Lipinski definition) is 1. The highest BCUT2D eigenvalue weighted by Crippen LogP contribution is 2.23. The lowest BCUT2D eigenvalue weighted by atomic mass is 9.92. The van der Waals surface area contributed by atoms with Gasteiger partial charge in [-0.25, -0.2) is 14.8 Å². The van der Waals surface area contributed by atoms with Crippen molar-refractivity contribution >= 4 is 12.0 Å². The van der Waals surface area contributed by atoms with E-state index in [2.05, 4.69) is 20.2 Å². The largest absolute Gasteiger partial charge is 0.444 e. The van der Waals surface area contributed by atoms with Crippen LogP contribution in [0.5, 0.6) is 0 Å².